The molecule has 0 bridgehead atoms. The molecule has 2 aromatic heterocycles. The Morgan fingerprint density at radius 1 is 0.630 bits per heavy atom. The predicted octanol–water partition coefficient (Wildman–Crippen LogP) is 10.4. The first-order valence-electron chi connectivity index (χ1n) is 15.5. The van der Waals surface area contributed by atoms with Gasteiger partial charge in [0.05, 0.1) is 11.0 Å². The van der Waals surface area contributed by atoms with Gasteiger partial charge in [0.25, 0.3) is 0 Å². The van der Waals surface area contributed by atoms with Crippen molar-refractivity contribution < 1.29 is 0 Å². The van der Waals surface area contributed by atoms with Gasteiger partial charge in [-0.15, -0.1) is 0 Å². The summed E-state index contributed by atoms with van der Waals surface area (Å²) in [5.41, 5.74) is 11.3. The molecule has 0 N–H and O–H groups in total. The number of fused-ring (bicyclic) bond motifs is 6. The number of rotatable bonds is 6. The van der Waals surface area contributed by atoms with Gasteiger partial charge in [0.2, 0.25) is 0 Å². The maximum atomic E-state index is 4.97. The van der Waals surface area contributed by atoms with Crippen LogP contribution in [0, 0.1) is 0 Å². The molecule has 5 aromatic carbocycles. The summed E-state index contributed by atoms with van der Waals surface area (Å²) in [6.07, 6.45) is 5.35. The molecule has 0 aliphatic heterocycles. The van der Waals surface area contributed by atoms with E-state index in [1.807, 2.05) is 36.4 Å². The average molecular weight is 593 g/mol. The lowest BCUT2D eigenvalue weighted by Crippen LogP contribution is -2.14. The van der Waals surface area contributed by atoms with Crippen LogP contribution in [0.25, 0.3) is 67.0 Å². The maximum Gasteiger partial charge on any atom is 0.164 e. The van der Waals surface area contributed by atoms with E-state index in [2.05, 4.69) is 117 Å². The summed E-state index contributed by atoms with van der Waals surface area (Å²) in [7, 11) is 0. The molecule has 0 fully saturated rings. The third kappa shape index (κ3) is 4.26. The largest absolute Gasteiger partial charge is 0.309 e. The molecule has 46 heavy (non-hydrogen) atoms. The zero-order valence-electron chi connectivity index (χ0n) is 25.9. The molecule has 0 unspecified atom stereocenters. The van der Waals surface area contributed by atoms with Crippen molar-refractivity contribution in [3.63, 3.8) is 0 Å². The molecule has 0 radical (unpaired) electrons. The second-order valence-electron chi connectivity index (χ2n) is 12.2. The first kappa shape index (κ1) is 27.7. The van der Waals surface area contributed by atoms with E-state index in [-0.39, 0.29) is 5.41 Å². The van der Waals surface area contributed by atoms with Crippen LogP contribution in [-0.2, 0) is 5.41 Å². The standard InChI is InChI=1S/C42H32N4/c1-5-15-27(6-2)39-43-40(28-16-8-7-9-17-28)45-41(44-39)29-18-14-19-30(24-29)46-37-23-13-11-21-32(37)34-25-33-31-20-10-12-22-35(31)42(3,4)36(33)26-38(34)46/h5-26H,1-2H2,3-4H3/b27-15+. The predicted molar refractivity (Wildman–Crippen MR) is 191 cm³/mol. The Balaban J connectivity index is 1.35. The molecule has 0 saturated heterocycles. The summed E-state index contributed by atoms with van der Waals surface area (Å²) in [6.45, 7) is 12.5. The van der Waals surface area contributed by atoms with Crippen molar-refractivity contribution in [1.82, 2.24) is 19.5 Å². The van der Waals surface area contributed by atoms with Crippen LogP contribution in [0.15, 0.2) is 147 Å². The van der Waals surface area contributed by atoms with Gasteiger partial charge >= 0.3 is 0 Å². The van der Waals surface area contributed by atoms with Gasteiger partial charge < -0.3 is 4.57 Å². The summed E-state index contributed by atoms with van der Waals surface area (Å²) in [6, 6.07) is 40.8. The normalized spacial score (nSPS) is 13.5. The minimum absolute atomic E-state index is 0.0970. The quantitative estimate of drug-likeness (QED) is 0.180. The van der Waals surface area contributed by atoms with Crippen molar-refractivity contribution in [2.24, 2.45) is 0 Å². The van der Waals surface area contributed by atoms with E-state index >= 15 is 0 Å². The molecule has 4 nitrogen and oxygen atoms in total. The van der Waals surface area contributed by atoms with Crippen molar-refractivity contribution in [2.45, 2.75) is 19.3 Å². The molecule has 1 aliphatic carbocycles. The average Bonchev–Trinajstić information content (AvgIpc) is 3.54. The lowest BCUT2D eigenvalue weighted by Gasteiger charge is -2.21. The maximum absolute atomic E-state index is 4.97. The van der Waals surface area contributed by atoms with Gasteiger partial charge in [0.1, 0.15) is 0 Å². The Labute approximate surface area is 268 Å². The van der Waals surface area contributed by atoms with Crippen molar-refractivity contribution in [3.8, 4) is 39.6 Å². The number of benzene rings is 5. The van der Waals surface area contributed by atoms with Crippen molar-refractivity contribution in [1.29, 1.82) is 0 Å². The van der Waals surface area contributed by atoms with Gasteiger partial charge in [-0.05, 0) is 52.6 Å². The third-order valence-corrected chi connectivity index (χ3v) is 9.18. The van der Waals surface area contributed by atoms with E-state index in [4.69, 9.17) is 15.0 Å². The molecule has 220 valence electrons. The lowest BCUT2D eigenvalue weighted by molar-refractivity contribution is 0.661. The molecule has 7 aromatic rings. The van der Waals surface area contributed by atoms with Crippen LogP contribution in [0.4, 0.5) is 0 Å². The minimum atomic E-state index is -0.0970. The van der Waals surface area contributed by atoms with E-state index in [0.29, 0.717) is 17.5 Å². The van der Waals surface area contributed by atoms with Gasteiger partial charge in [-0.25, -0.2) is 15.0 Å². The molecule has 1 aliphatic rings. The zero-order chi connectivity index (χ0) is 31.4. The van der Waals surface area contributed by atoms with Gasteiger partial charge in [-0.3, -0.25) is 0 Å². The fraction of sp³-hybridized carbons (Fsp3) is 0.0714. The van der Waals surface area contributed by atoms with Crippen LogP contribution >= 0.6 is 0 Å². The highest BCUT2D eigenvalue weighted by molar-refractivity contribution is 6.11. The zero-order valence-corrected chi connectivity index (χ0v) is 25.9. The minimum Gasteiger partial charge on any atom is -0.309 e. The van der Waals surface area contributed by atoms with Crippen molar-refractivity contribution in [3.05, 3.63) is 164 Å². The van der Waals surface area contributed by atoms with Crippen LogP contribution in [0.2, 0.25) is 0 Å². The van der Waals surface area contributed by atoms with Gasteiger partial charge in [-0.1, -0.05) is 130 Å². The van der Waals surface area contributed by atoms with E-state index in [1.165, 1.54) is 38.5 Å². The highest BCUT2D eigenvalue weighted by atomic mass is 15.0. The van der Waals surface area contributed by atoms with E-state index in [1.54, 1.807) is 12.2 Å². The Morgan fingerprint density at radius 3 is 2.15 bits per heavy atom. The Kier molecular flexibility index (Phi) is 6.40. The second kappa shape index (κ2) is 10.6. The summed E-state index contributed by atoms with van der Waals surface area (Å²) < 4.78 is 2.38. The first-order valence-corrected chi connectivity index (χ1v) is 15.5. The summed E-state index contributed by atoms with van der Waals surface area (Å²) >= 11 is 0. The molecule has 2 heterocycles. The van der Waals surface area contributed by atoms with Crippen molar-refractivity contribution in [2.75, 3.05) is 0 Å². The molecular formula is C42H32N4. The SMILES string of the molecule is C=C/C=C(\C=C)c1nc(-c2ccccc2)nc(-c2cccc(-n3c4ccccc4c4cc5c(cc43)C(C)(C)c3ccccc3-5)c2)n1. The van der Waals surface area contributed by atoms with Crippen LogP contribution in [0.5, 0.6) is 0 Å². The Hall–Kier alpha value is -5.87. The summed E-state index contributed by atoms with van der Waals surface area (Å²) in [4.78, 5) is 14.7. The number of allylic oxidation sites excluding steroid dienone is 4. The van der Waals surface area contributed by atoms with E-state index in [9.17, 15) is 0 Å². The lowest BCUT2D eigenvalue weighted by atomic mass is 9.82. The number of hydrogen-bond acceptors (Lipinski definition) is 3. The van der Waals surface area contributed by atoms with Gasteiger partial charge in [0, 0.05) is 38.6 Å². The van der Waals surface area contributed by atoms with Gasteiger partial charge in [0.15, 0.2) is 17.5 Å². The molecule has 8 rings (SSSR count). The second-order valence-corrected chi connectivity index (χ2v) is 12.2. The fourth-order valence-corrected chi connectivity index (χ4v) is 6.94. The highest BCUT2D eigenvalue weighted by Gasteiger charge is 2.36. The fourth-order valence-electron chi connectivity index (χ4n) is 6.94. The van der Waals surface area contributed by atoms with E-state index in [0.717, 1.165) is 27.9 Å². The van der Waals surface area contributed by atoms with Crippen LogP contribution in [0.1, 0.15) is 30.8 Å². The summed E-state index contributed by atoms with van der Waals surface area (Å²) in [5.74, 6) is 1.76. The molecule has 0 atom stereocenters. The van der Waals surface area contributed by atoms with Crippen LogP contribution in [-0.4, -0.2) is 19.5 Å². The van der Waals surface area contributed by atoms with Crippen LogP contribution < -0.4 is 0 Å². The molecule has 0 saturated carbocycles. The topological polar surface area (TPSA) is 43.6 Å². The number of para-hydroxylation sites is 1. The number of aromatic nitrogens is 4. The number of nitrogens with zero attached hydrogens (tertiary/aromatic N) is 4. The molecule has 0 spiro atoms. The molecule has 4 heteroatoms. The molecular weight excluding hydrogens is 560 g/mol. The van der Waals surface area contributed by atoms with E-state index < -0.39 is 0 Å². The van der Waals surface area contributed by atoms with Gasteiger partial charge in [-0.2, -0.15) is 0 Å². The third-order valence-electron chi connectivity index (χ3n) is 9.18. The Bertz CT molecular complexity index is 2370. The smallest absolute Gasteiger partial charge is 0.164 e. The Morgan fingerprint density at radius 2 is 1.35 bits per heavy atom. The first-order chi connectivity index (χ1) is 22.5. The number of hydrogen-bond donors (Lipinski definition) is 0. The van der Waals surface area contributed by atoms with Crippen LogP contribution in [0.3, 0.4) is 0 Å². The monoisotopic (exact) mass is 592 g/mol. The molecule has 0 amide bonds. The summed E-state index contributed by atoms with van der Waals surface area (Å²) in [5, 5.41) is 2.47. The van der Waals surface area contributed by atoms with Crippen molar-refractivity contribution >= 4 is 27.4 Å². The highest BCUT2D eigenvalue weighted by Crippen LogP contribution is 2.51.